The molecule has 172 valence electrons. The molecule has 0 aliphatic heterocycles. The van der Waals surface area contributed by atoms with E-state index in [0.29, 0.717) is 12.3 Å². The van der Waals surface area contributed by atoms with Crippen molar-refractivity contribution >= 4 is 5.97 Å². The van der Waals surface area contributed by atoms with Crippen molar-refractivity contribution in [1.29, 1.82) is 0 Å². The van der Waals surface area contributed by atoms with Crippen molar-refractivity contribution in [3.63, 3.8) is 0 Å². The van der Waals surface area contributed by atoms with Crippen LogP contribution in [0, 0.1) is 6.92 Å². The number of carboxylic acids is 1. The van der Waals surface area contributed by atoms with E-state index in [2.05, 4.69) is 31.2 Å². The maximum atomic E-state index is 11.4. The second-order valence-electron chi connectivity index (χ2n) is 8.48. The molecule has 4 heteroatoms. The number of hydrogen-bond donors (Lipinski definition) is 2. The summed E-state index contributed by atoms with van der Waals surface area (Å²) < 4.78 is 6.26. The number of carbonyl (C=O) groups is 1. The molecular formula is C30H29NO3. The topological polar surface area (TPSA) is 72.5 Å². The fourth-order valence-corrected chi connectivity index (χ4v) is 4.17. The molecule has 0 bridgehead atoms. The van der Waals surface area contributed by atoms with Gasteiger partial charge in [-0.15, -0.1) is 0 Å². The van der Waals surface area contributed by atoms with E-state index in [0.717, 1.165) is 56.7 Å². The lowest BCUT2D eigenvalue weighted by Gasteiger charge is -2.13. The minimum atomic E-state index is -0.840. The molecule has 0 radical (unpaired) electrons. The monoisotopic (exact) mass is 451 g/mol. The number of rotatable bonds is 8. The minimum Gasteiger partial charge on any atom is -0.481 e. The molecule has 0 atom stereocenters. The lowest BCUT2D eigenvalue weighted by molar-refractivity contribution is -0.136. The Balaban J connectivity index is 1.66. The van der Waals surface area contributed by atoms with E-state index >= 15 is 0 Å². The first kappa shape index (κ1) is 23.3. The molecule has 0 unspecified atom stereocenters. The normalized spacial score (nSPS) is 10.8. The Kier molecular flexibility index (Phi) is 7.09. The predicted molar refractivity (Wildman–Crippen MR) is 137 cm³/mol. The van der Waals surface area contributed by atoms with Crippen molar-refractivity contribution in [2.45, 2.75) is 33.2 Å². The first-order chi connectivity index (χ1) is 16.4. The number of carboxylic acid groups (broad SMARTS) is 1. The minimum absolute atomic E-state index is 0.0165. The summed E-state index contributed by atoms with van der Waals surface area (Å²) in [7, 11) is 0. The van der Waals surface area contributed by atoms with Crippen molar-refractivity contribution in [3.8, 4) is 33.8 Å². The van der Waals surface area contributed by atoms with Gasteiger partial charge in [-0.25, -0.2) is 0 Å². The molecule has 0 saturated carbocycles. The van der Waals surface area contributed by atoms with E-state index in [1.807, 2.05) is 67.6 Å². The quantitative estimate of drug-likeness (QED) is 0.310. The van der Waals surface area contributed by atoms with Gasteiger partial charge in [0, 0.05) is 6.54 Å². The summed E-state index contributed by atoms with van der Waals surface area (Å²) in [4.78, 5) is 11.4. The molecule has 4 aromatic rings. The van der Waals surface area contributed by atoms with E-state index in [9.17, 15) is 9.90 Å². The fraction of sp³-hybridized carbons (Fsp3) is 0.167. The Hall–Kier alpha value is -3.89. The Morgan fingerprint density at radius 2 is 1.59 bits per heavy atom. The van der Waals surface area contributed by atoms with Crippen LogP contribution in [0.1, 0.15) is 29.2 Å². The molecule has 0 aliphatic carbocycles. The summed E-state index contributed by atoms with van der Waals surface area (Å²) in [5.74, 6) is 0.607. The zero-order chi connectivity index (χ0) is 24.1. The van der Waals surface area contributed by atoms with Gasteiger partial charge in [-0.3, -0.25) is 4.79 Å². The highest BCUT2D eigenvalue weighted by atomic mass is 16.5. The van der Waals surface area contributed by atoms with E-state index < -0.39 is 5.97 Å². The van der Waals surface area contributed by atoms with Gasteiger partial charge in [0.1, 0.15) is 11.5 Å². The number of benzene rings is 4. The SMILES string of the molecule is CCc1ccc(-c2cccc(Oc3cc(C)cc(-c4cccc(CN)c4)c3)c2)c(CC(=O)O)c1. The Labute approximate surface area is 200 Å². The Morgan fingerprint density at radius 1 is 0.824 bits per heavy atom. The predicted octanol–water partition coefficient (Wildman–Crippen LogP) is 6.77. The van der Waals surface area contributed by atoms with Crippen molar-refractivity contribution in [1.82, 2.24) is 0 Å². The van der Waals surface area contributed by atoms with Gasteiger partial charge in [0.15, 0.2) is 0 Å². The first-order valence-electron chi connectivity index (χ1n) is 11.5. The average Bonchev–Trinajstić information content (AvgIpc) is 2.83. The van der Waals surface area contributed by atoms with E-state index in [4.69, 9.17) is 10.5 Å². The van der Waals surface area contributed by atoms with Crippen LogP contribution in [0.3, 0.4) is 0 Å². The van der Waals surface area contributed by atoms with Gasteiger partial charge >= 0.3 is 5.97 Å². The summed E-state index contributed by atoms with van der Waals surface area (Å²) in [6.07, 6.45) is 0.845. The van der Waals surface area contributed by atoms with Crippen molar-refractivity contribution < 1.29 is 14.6 Å². The molecule has 0 fully saturated rings. The van der Waals surface area contributed by atoms with Gasteiger partial charge in [-0.1, -0.05) is 61.5 Å². The summed E-state index contributed by atoms with van der Waals surface area (Å²) in [5.41, 5.74) is 13.9. The van der Waals surface area contributed by atoms with Crippen LogP contribution in [0.5, 0.6) is 11.5 Å². The molecule has 0 amide bonds. The van der Waals surface area contributed by atoms with E-state index in [-0.39, 0.29) is 6.42 Å². The van der Waals surface area contributed by atoms with Gasteiger partial charge in [-0.2, -0.15) is 0 Å². The molecule has 4 nitrogen and oxygen atoms in total. The third-order valence-corrected chi connectivity index (χ3v) is 5.85. The Bertz CT molecular complexity index is 1330. The van der Waals surface area contributed by atoms with E-state index in [1.165, 1.54) is 0 Å². The summed E-state index contributed by atoms with van der Waals surface area (Å²) >= 11 is 0. The number of hydrogen-bond acceptors (Lipinski definition) is 3. The third kappa shape index (κ3) is 5.53. The van der Waals surface area contributed by atoms with Crippen molar-refractivity contribution in [3.05, 3.63) is 107 Å². The lowest BCUT2D eigenvalue weighted by atomic mass is 9.95. The number of nitrogens with two attached hydrogens (primary N) is 1. The molecule has 3 N–H and O–H groups in total. The highest BCUT2D eigenvalue weighted by Crippen LogP contribution is 2.33. The van der Waals surface area contributed by atoms with Gasteiger partial charge in [0.25, 0.3) is 0 Å². The number of aliphatic carboxylic acids is 1. The number of aryl methyl sites for hydroxylation is 2. The van der Waals surface area contributed by atoms with Crippen LogP contribution in [0.15, 0.2) is 84.9 Å². The molecule has 0 spiro atoms. The van der Waals surface area contributed by atoms with Crippen molar-refractivity contribution in [2.24, 2.45) is 5.73 Å². The largest absolute Gasteiger partial charge is 0.481 e. The van der Waals surface area contributed by atoms with Crippen molar-refractivity contribution in [2.75, 3.05) is 0 Å². The highest BCUT2D eigenvalue weighted by Gasteiger charge is 2.11. The van der Waals surface area contributed by atoms with Gasteiger partial charge in [-0.05, 0) is 88.2 Å². The highest BCUT2D eigenvalue weighted by molar-refractivity contribution is 5.77. The summed E-state index contributed by atoms with van der Waals surface area (Å²) in [5, 5.41) is 9.40. The molecule has 0 aliphatic rings. The zero-order valence-electron chi connectivity index (χ0n) is 19.5. The molecule has 0 saturated heterocycles. The van der Waals surface area contributed by atoms with E-state index in [1.54, 1.807) is 0 Å². The number of ether oxygens (including phenoxy) is 1. The molecular weight excluding hydrogens is 422 g/mol. The standard InChI is InChI=1S/C30H29NO3/c1-3-21-10-11-29(26(14-21)18-30(32)33)24-8-5-9-27(16-24)34-28-13-20(2)12-25(17-28)23-7-4-6-22(15-23)19-31/h4-17H,3,18-19,31H2,1-2H3,(H,32,33). The van der Waals surface area contributed by atoms with Gasteiger partial charge in [0.05, 0.1) is 6.42 Å². The maximum Gasteiger partial charge on any atom is 0.307 e. The second kappa shape index (κ2) is 10.4. The Morgan fingerprint density at radius 3 is 2.35 bits per heavy atom. The molecule has 0 heterocycles. The first-order valence-corrected chi connectivity index (χ1v) is 11.5. The van der Waals surface area contributed by atoms with Gasteiger partial charge in [0.2, 0.25) is 0 Å². The molecule has 34 heavy (non-hydrogen) atoms. The van der Waals surface area contributed by atoms with Crippen LogP contribution < -0.4 is 10.5 Å². The average molecular weight is 452 g/mol. The maximum absolute atomic E-state index is 11.4. The summed E-state index contributed by atoms with van der Waals surface area (Å²) in [6.45, 7) is 4.61. The third-order valence-electron chi connectivity index (χ3n) is 5.85. The van der Waals surface area contributed by atoms with Gasteiger partial charge < -0.3 is 15.6 Å². The summed E-state index contributed by atoms with van der Waals surface area (Å²) in [6, 6.07) is 28.2. The van der Waals surface area contributed by atoms with Crippen LogP contribution in [-0.4, -0.2) is 11.1 Å². The van der Waals surface area contributed by atoms with Crippen LogP contribution in [0.25, 0.3) is 22.3 Å². The molecule has 4 aromatic carbocycles. The zero-order valence-corrected chi connectivity index (χ0v) is 19.5. The van der Waals surface area contributed by atoms with Crippen LogP contribution in [0.2, 0.25) is 0 Å². The van der Waals surface area contributed by atoms with Crippen LogP contribution >= 0.6 is 0 Å². The van der Waals surface area contributed by atoms with Crippen LogP contribution in [-0.2, 0) is 24.2 Å². The smallest absolute Gasteiger partial charge is 0.307 e. The fourth-order valence-electron chi connectivity index (χ4n) is 4.17. The lowest BCUT2D eigenvalue weighted by Crippen LogP contribution is -2.03. The molecule has 0 aromatic heterocycles. The second-order valence-corrected chi connectivity index (χ2v) is 8.48. The molecule has 4 rings (SSSR count). The van der Waals surface area contributed by atoms with Crippen LogP contribution in [0.4, 0.5) is 0 Å².